The fourth-order valence-electron chi connectivity index (χ4n) is 1.74. The van der Waals surface area contributed by atoms with Gasteiger partial charge >= 0.3 is 0 Å². The summed E-state index contributed by atoms with van der Waals surface area (Å²) >= 11 is 0. The molecule has 0 spiro atoms. The van der Waals surface area contributed by atoms with E-state index in [2.05, 4.69) is 5.32 Å². The van der Waals surface area contributed by atoms with Gasteiger partial charge in [0, 0.05) is 17.7 Å². The van der Waals surface area contributed by atoms with Crippen LogP contribution in [0.25, 0.3) is 0 Å². The minimum Gasteiger partial charge on any atom is -0.396 e. The molecule has 0 bridgehead atoms. The second-order valence-corrected chi connectivity index (χ2v) is 5.04. The normalized spacial score (nSPS) is 13.7. The quantitative estimate of drug-likeness (QED) is 0.608. The first-order valence-corrected chi connectivity index (χ1v) is 6.46. The summed E-state index contributed by atoms with van der Waals surface area (Å²) < 4.78 is 0. The van der Waals surface area contributed by atoms with E-state index in [9.17, 15) is 9.59 Å². The number of hydrogen-bond donors (Lipinski definition) is 2. The number of carbonyl (C=O) groups excluding carboxylic acids is 2. The number of nitrogens with one attached hydrogen (secondary N) is 1. The number of rotatable bonds is 6. The molecule has 0 saturated carbocycles. The number of aliphatic hydroxyl groups excluding tert-OH is 1. The van der Waals surface area contributed by atoms with Crippen LogP contribution in [0.4, 0.5) is 0 Å². The SMILES string of the molecule is CCC(C)(CCO)NC(=O)C(=O)c1ccc(C)cc1. The van der Waals surface area contributed by atoms with Gasteiger partial charge in [0.2, 0.25) is 5.78 Å². The summed E-state index contributed by atoms with van der Waals surface area (Å²) in [7, 11) is 0. The van der Waals surface area contributed by atoms with E-state index in [-0.39, 0.29) is 6.61 Å². The van der Waals surface area contributed by atoms with Gasteiger partial charge < -0.3 is 10.4 Å². The van der Waals surface area contributed by atoms with Crippen LogP contribution in [-0.4, -0.2) is 28.9 Å². The predicted molar refractivity (Wildman–Crippen MR) is 74.1 cm³/mol. The zero-order valence-electron chi connectivity index (χ0n) is 11.7. The molecule has 1 aromatic rings. The van der Waals surface area contributed by atoms with E-state index >= 15 is 0 Å². The molecule has 0 aliphatic heterocycles. The van der Waals surface area contributed by atoms with Crippen LogP contribution in [0.15, 0.2) is 24.3 Å². The summed E-state index contributed by atoms with van der Waals surface area (Å²) in [6.07, 6.45) is 1.08. The Kier molecular flexibility index (Phi) is 5.24. The van der Waals surface area contributed by atoms with Gasteiger partial charge in [0.25, 0.3) is 5.91 Å². The third-order valence-electron chi connectivity index (χ3n) is 3.38. The van der Waals surface area contributed by atoms with E-state index < -0.39 is 17.2 Å². The molecule has 0 aliphatic carbocycles. The summed E-state index contributed by atoms with van der Waals surface area (Å²) in [5, 5.41) is 11.7. The summed E-state index contributed by atoms with van der Waals surface area (Å²) in [6.45, 7) is 5.63. The van der Waals surface area contributed by atoms with Crippen LogP contribution in [0.2, 0.25) is 0 Å². The number of amides is 1. The molecule has 19 heavy (non-hydrogen) atoms. The molecule has 104 valence electrons. The molecule has 0 aromatic heterocycles. The number of aryl methyl sites for hydroxylation is 1. The van der Waals surface area contributed by atoms with Gasteiger partial charge in [-0.2, -0.15) is 0 Å². The first kappa shape index (κ1) is 15.4. The van der Waals surface area contributed by atoms with Gasteiger partial charge in [-0.05, 0) is 26.7 Å². The lowest BCUT2D eigenvalue weighted by Gasteiger charge is -2.28. The number of ketones is 1. The molecule has 1 aromatic carbocycles. The zero-order valence-corrected chi connectivity index (χ0v) is 11.7. The Morgan fingerprint density at radius 3 is 2.32 bits per heavy atom. The Balaban J connectivity index is 2.77. The van der Waals surface area contributed by atoms with E-state index in [1.807, 2.05) is 20.8 Å². The third-order valence-corrected chi connectivity index (χ3v) is 3.38. The molecule has 1 amide bonds. The molecule has 0 saturated heterocycles. The van der Waals surface area contributed by atoms with Crippen molar-refractivity contribution in [2.45, 2.75) is 39.2 Å². The summed E-state index contributed by atoms with van der Waals surface area (Å²) in [6, 6.07) is 6.89. The van der Waals surface area contributed by atoms with Crippen molar-refractivity contribution in [3.05, 3.63) is 35.4 Å². The van der Waals surface area contributed by atoms with Crippen molar-refractivity contribution in [3.8, 4) is 0 Å². The molecule has 1 atom stereocenters. The van der Waals surface area contributed by atoms with E-state index in [0.717, 1.165) is 5.56 Å². The fraction of sp³-hybridized carbons (Fsp3) is 0.467. The summed E-state index contributed by atoms with van der Waals surface area (Å²) in [4.78, 5) is 23.9. The first-order chi connectivity index (χ1) is 8.91. The maximum Gasteiger partial charge on any atom is 0.292 e. The second-order valence-electron chi connectivity index (χ2n) is 5.04. The van der Waals surface area contributed by atoms with Crippen LogP contribution in [0.3, 0.4) is 0 Å². The standard InChI is InChI=1S/C15H21NO3/c1-4-15(3,9-10-17)16-14(19)13(18)12-7-5-11(2)6-8-12/h5-8,17H,4,9-10H2,1-3H3,(H,16,19). The van der Waals surface area contributed by atoms with E-state index in [1.165, 1.54) is 0 Å². The van der Waals surface area contributed by atoms with Crippen LogP contribution in [0.1, 0.15) is 42.6 Å². The van der Waals surface area contributed by atoms with Gasteiger partial charge in [0.15, 0.2) is 0 Å². The maximum atomic E-state index is 12.0. The van der Waals surface area contributed by atoms with Gasteiger partial charge in [-0.25, -0.2) is 0 Å². The summed E-state index contributed by atoms with van der Waals surface area (Å²) in [5.74, 6) is -1.17. The minimum atomic E-state index is -0.623. The molecule has 1 rings (SSSR count). The topological polar surface area (TPSA) is 66.4 Å². The van der Waals surface area contributed by atoms with Gasteiger partial charge in [-0.1, -0.05) is 36.8 Å². The molecule has 2 N–H and O–H groups in total. The number of hydrogen-bond acceptors (Lipinski definition) is 3. The highest BCUT2D eigenvalue weighted by atomic mass is 16.3. The van der Waals surface area contributed by atoms with Crippen molar-refractivity contribution in [2.75, 3.05) is 6.61 Å². The predicted octanol–water partition coefficient (Wildman–Crippen LogP) is 1.85. The van der Waals surface area contributed by atoms with E-state index in [4.69, 9.17) is 5.11 Å². The van der Waals surface area contributed by atoms with E-state index in [1.54, 1.807) is 24.3 Å². The lowest BCUT2D eigenvalue weighted by atomic mass is 9.94. The largest absolute Gasteiger partial charge is 0.396 e. The fourth-order valence-corrected chi connectivity index (χ4v) is 1.74. The van der Waals surface area contributed by atoms with Gasteiger partial charge in [0.05, 0.1) is 0 Å². The van der Waals surface area contributed by atoms with Crippen LogP contribution in [-0.2, 0) is 4.79 Å². The molecular weight excluding hydrogens is 242 g/mol. The molecule has 4 nitrogen and oxygen atoms in total. The first-order valence-electron chi connectivity index (χ1n) is 6.46. The smallest absolute Gasteiger partial charge is 0.292 e. The molecule has 1 unspecified atom stereocenters. The van der Waals surface area contributed by atoms with Gasteiger partial charge in [0.1, 0.15) is 0 Å². The number of benzene rings is 1. The molecule has 4 heteroatoms. The molecule has 0 radical (unpaired) electrons. The van der Waals surface area contributed by atoms with Crippen LogP contribution >= 0.6 is 0 Å². The molecule has 0 heterocycles. The third kappa shape index (κ3) is 4.17. The van der Waals surface area contributed by atoms with Crippen LogP contribution < -0.4 is 5.32 Å². The number of carbonyl (C=O) groups is 2. The lowest BCUT2D eigenvalue weighted by Crippen LogP contribution is -2.48. The highest BCUT2D eigenvalue weighted by Crippen LogP contribution is 2.14. The second kappa shape index (κ2) is 6.48. The average molecular weight is 263 g/mol. The molecule has 0 fully saturated rings. The van der Waals surface area contributed by atoms with Crippen molar-refractivity contribution in [1.82, 2.24) is 5.32 Å². The van der Waals surface area contributed by atoms with Crippen molar-refractivity contribution < 1.29 is 14.7 Å². The Morgan fingerprint density at radius 1 is 1.26 bits per heavy atom. The van der Waals surface area contributed by atoms with Gasteiger partial charge in [-0.15, -0.1) is 0 Å². The Labute approximate surface area is 113 Å². The van der Waals surface area contributed by atoms with Crippen molar-refractivity contribution in [1.29, 1.82) is 0 Å². The van der Waals surface area contributed by atoms with Crippen LogP contribution in [0, 0.1) is 6.92 Å². The van der Waals surface area contributed by atoms with E-state index in [0.29, 0.717) is 18.4 Å². The Bertz CT molecular complexity index is 453. The minimum absolute atomic E-state index is 0.0245. The highest BCUT2D eigenvalue weighted by Gasteiger charge is 2.27. The Morgan fingerprint density at radius 2 is 1.84 bits per heavy atom. The number of Topliss-reactive ketones (excluding diaryl/α,β-unsaturated/α-hetero) is 1. The lowest BCUT2D eigenvalue weighted by molar-refractivity contribution is -0.118. The number of aliphatic hydroxyl groups is 1. The van der Waals surface area contributed by atoms with Crippen molar-refractivity contribution >= 4 is 11.7 Å². The molecule has 0 aliphatic rings. The monoisotopic (exact) mass is 263 g/mol. The summed E-state index contributed by atoms with van der Waals surface area (Å²) in [5.41, 5.74) is 0.868. The van der Waals surface area contributed by atoms with Crippen molar-refractivity contribution in [3.63, 3.8) is 0 Å². The average Bonchev–Trinajstić information content (AvgIpc) is 2.39. The van der Waals surface area contributed by atoms with Crippen LogP contribution in [0.5, 0.6) is 0 Å². The molecular formula is C15H21NO3. The Hall–Kier alpha value is -1.68. The highest BCUT2D eigenvalue weighted by molar-refractivity contribution is 6.42. The maximum absolute atomic E-state index is 12.0. The van der Waals surface area contributed by atoms with Gasteiger partial charge in [-0.3, -0.25) is 9.59 Å². The van der Waals surface area contributed by atoms with Crippen molar-refractivity contribution in [2.24, 2.45) is 0 Å². The zero-order chi connectivity index (χ0) is 14.5.